The largest absolute Gasteiger partial charge is 0.337 e. The normalized spacial score (nSPS) is 15.6. The highest BCUT2D eigenvalue weighted by Gasteiger charge is 2.25. The molecule has 0 spiro atoms. The van der Waals surface area contributed by atoms with Gasteiger partial charge in [-0.05, 0) is 34.4 Å². The summed E-state index contributed by atoms with van der Waals surface area (Å²) < 4.78 is 0. The minimum atomic E-state index is -0.0462. The minimum absolute atomic E-state index is 0.0462. The highest BCUT2D eigenvalue weighted by atomic mass is 14.9. The lowest BCUT2D eigenvalue weighted by Crippen LogP contribution is -2.07. The van der Waals surface area contributed by atoms with Crippen molar-refractivity contribution >= 4 is 11.0 Å². The molecule has 0 saturated heterocycles. The zero-order valence-electron chi connectivity index (χ0n) is 12.3. The van der Waals surface area contributed by atoms with Crippen molar-refractivity contribution in [2.75, 3.05) is 0 Å². The van der Waals surface area contributed by atoms with E-state index in [-0.39, 0.29) is 6.04 Å². The molecular formula is C19H14N4. The minimum Gasteiger partial charge on any atom is -0.337 e. The van der Waals surface area contributed by atoms with Gasteiger partial charge in [-0.2, -0.15) is 0 Å². The summed E-state index contributed by atoms with van der Waals surface area (Å²) in [5.74, 6) is 0.855. The van der Waals surface area contributed by atoms with E-state index >= 15 is 0 Å². The number of pyridine rings is 1. The summed E-state index contributed by atoms with van der Waals surface area (Å²) in [6.45, 7) is 0. The monoisotopic (exact) mass is 298 g/mol. The number of H-pyrrole nitrogens is 1. The van der Waals surface area contributed by atoms with Gasteiger partial charge in [0.15, 0.2) is 0 Å². The summed E-state index contributed by atoms with van der Waals surface area (Å²) >= 11 is 0. The third-order valence-electron chi connectivity index (χ3n) is 4.53. The van der Waals surface area contributed by atoms with E-state index in [1.807, 2.05) is 12.1 Å². The summed E-state index contributed by atoms with van der Waals surface area (Å²) in [5, 5.41) is 0. The SMILES string of the molecule is NC1c2ccccc2-c2cc(-c3nc4ccncc4[nH]3)ccc21. The molecule has 4 heteroatoms. The molecule has 1 aliphatic rings. The van der Waals surface area contributed by atoms with E-state index in [1.54, 1.807) is 12.4 Å². The lowest BCUT2D eigenvalue weighted by Gasteiger charge is -2.06. The maximum Gasteiger partial charge on any atom is 0.138 e. The second kappa shape index (κ2) is 4.51. The standard InChI is InChI=1S/C19H14N4/c20-18-13-4-2-1-3-12(13)15-9-11(5-6-14(15)18)19-22-16-7-8-21-10-17(16)23-19/h1-10,18H,20H2,(H,22,23). The van der Waals surface area contributed by atoms with Crippen molar-refractivity contribution in [1.29, 1.82) is 0 Å². The molecule has 0 bridgehead atoms. The molecule has 2 heterocycles. The Morgan fingerprint density at radius 1 is 0.957 bits per heavy atom. The number of hydrogen-bond donors (Lipinski definition) is 2. The van der Waals surface area contributed by atoms with Gasteiger partial charge in [0.1, 0.15) is 5.82 Å². The van der Waals surface area contributed by atoms with Crippen LogP contribution in [0.25, 0.3) is 33.5 Å². The van der Waals surface area contributed by atoms with Crippen LogP contribution in [0.3, 0.4) is 0 Å². The maximum atomic E-state index is 6.38. The first-order chi connectivity index (χ1) is 11.3. The molecule has 2 aromatic heterocycles. The third kappa shape index (κ3) is 1.76. The summed E-state index contributed by atoms with van der Waals surface area (Å²) in [7, 11) is 0. The molecule has 0 aliphatic heterocycles. The Kier molecular flexibility index (Phi) is 2.46. The molecule has 2 aromatic carbocycles. The molecule has 5 rings (SSSR count). The Morgan fingerprint density at radius 2 is 1.83 bits per heavy atom. The quantitative estimate of drug-likeness (QED) is 0.563. The number of rotatable bonds is 1. The van der Waals surface area contributed by atoms with Crippen LogP contribution in [0, 0.1) is 0 Å². The molecule has 0 radical (unpaired) electrons. The van der Waals surface area contributed by atoms with E-state index < -0.39 is 0 Å². The number of fused-ring (bicyclic) bond motifs is 4. The van der Waals surface area contributed by atoms with E-state index in [2.05, 4.69) is 51.4 Å². The van der Waals surface area contributed by atoms with Crippen LogP contribution in [-0.4, -0.2) is 15.0 Å². The van der Waals surface area contributed by atoms with Gasteiger partial charge in [-0.15, -0.1) is 0 Å². The van der Waals surface area contributed by atoms with Gasteiger partial charge in [0.05, 0.1) is 23.3 Å². The zero-order chi connectivity index (χ0) is 15.4. The van der Waals surface area contributed by atoms with Crippen molar-refractivity contribution in [2.45, 2.75) is 6.04 Å². The lowest BCUT2D eigenvalue weighted by atomic mass is 10.0. The Hall–Kier alpha value is -2.98. The highest BCUT2D eigenvalue weighted by molar-refractivity contribution is 5.84. The highest BCUT2D eigenvalue weighted by Crippen LogP contribution is 2.43. The van der Waals surface area contributed by atoms with Crippen molar-refractivity contribution in [2.24, 2.45) is 5.73 Å². The van der Waals surface area contributed by atoms with E-state index in [0.29, 0.717) is 0 Å². The van der Waals surface area contributed by atoms with Gasteiger partial charge in [-0.1, -0.05) is 36.4 Å². The molecule has 1 atom stereocenters. The molecule has 1 aliphatic carbocycles. The van der Waals surface area contributed by atoms with Crippen LogP contribution in [-0.2, 0) is 0 Å². The smallest absolute Gasteiger partial charge is 0.138 e. The van der Waals surface area contributed by atoms with Gasteiger partial charge in [-0.3, -0.25) is 4.98 Å². The average molecular weight is 298 g/mol. The zero-order valence-corrected chi connectivity index (χ0v) is 12.3. The molecule has 1 unspecified atom stereocenters. The second-order valence-corrected chi connectivity index (χ2v) is 5.85. The lowest BCUT2D eigenvalue weighted by molar-refractivity contribution is 0.901. The number of aromatic nitrogens is 3. The van der Waals surface area contributed by atoms with Crippen LogP contribution in [0.4, 0.5) is 0 Å². The molecule has 23 heavy (non-hydrogen) atoms. The van der Waals surface area contributed by atoms with Gasteiger partial charge in [0.25, 0.3) is 0 Å². The average Bonchev–Trinajstić information content (AvgIpc) is 3.15. The molecule has 4 nitrogen and oxygen atoms in total. The molecule has 0 saturated carbocycles. The van der Waals surface area contributed by atoms with Crippen molar-refractivity contribution in [3.8, 4) is 22.5 Å². The van der Waals surface area contributed by atoms with Crippen LogP contribution in [0.1, 0.15) is 17.2 Å². The van der Waals surface area contributed by atoms with Gasteiger partial charge in [-0.25, -0.2) is 4.98 Å². The van der Waals surface area contributed by atoms with Gasteiger partial charge >= 0.3 is 0 Å². The fourth-order valence-corrected chi connectivity index (χ4v) is 3.38. The molecule has 110 valence electrons. The summed E-state index contributed by atoms with van der Waals surface area (Å²) in [5.41, 5.74) is 14.1. The molecule has 3 N–H and O–H groups in total. The Labute approximate surface area is 133 Å². The molecule has 0 fully saturated rings. The topological polar surface area (TPSA) is 67.6 Å². The second-order valence-electron chi connectivity index (χ2n) is 5.85. The number of hydrogen-bond acceptors (Lipinski definition) is 3. The van der Waals surface area contributed by atoms with Crippen LogP contribution in [0.2, 0.25) is 0 Å². The number of imidazole rings is 1. The van der Waals surface area contributed by atoms with Crippen LogP contribution >= 0.6 is 0 Å². The van der Waals surface area contributed by atoms with Crippen molar-refractivity contribution in [3.63, 3.8) is 0 Å². The number of nitrogens with two attached hydrogens (primary N) is 1. The van der Waals surface area contributed by atoms with Crippen LogP contribution in [0.5, 0.6) is 0 Å². The van der Waals surface area contributed by atoms with E-state index in [0.717, 1.165) is 22.4 Å². The first kappa shape index (κ1) is 12.6. The van der Waals surface area contributed by atoms with Crippen LogP contribution in [0.15, 0.2) is 60.9 Å². The number of nitrogens with one attached hydrogen (secondary N) is 1. The van der Waals surface area contributed by atoms with Crippen molar-refractivity contribution < 1.29 is 0 Å². The fraction of sp³-hybridized carbons (Fsp3) is 0.0526. The molecular weight excluding hydrogens is 284 g/mol. The summed E-state index contributed by atoms with van der Waals surface area (Å²) in [6.07, 6.45) is 3.55. The van der Waals surface area contributed by atoms with Gasteiger partial charge < -0.3 is 10.7 Å². The first-order valence-corrected chi connectivity index (χ1v) is 7.60. The number of aromatic amines is 1. The predicted octanol–water partition coefficient (Wildman–Crippen LogP) is 3.65. The van der Waals surface area contributed by atoms with E-state index in [1.165, 1.54) is 22.3 Å². The molecule has 0 amide bonds. The first-order valence-electron chi connectivity index (χ1n) is 7.60. The summed E-state index contributed by atoms with van der Waals surface area (Å²) in [6, 6.07) is 16.6. The maximum absolute atomic E-state index is 6.38. The van der Waals surface area contributed by atoms with Crippen molar-refractivity contribution in [3.05, 3.63) is 72.1 Å². The Morgan fingerprint density at radius 3 is 2.74 bits per heavy atom. The fourth-order valence-electron chi connectivity index (χ4n) is 3.38. The van der Waals surface area contributed by atoms with E-state index in [9.17, 15) is 0 Å². The third-order valence-corrected chi connectivity index (χ3v) is 4.53. The van der Waals surface area contributed by atoms with Gasteiger partial charge in [0, 0.05) is 11.8 Å². The summed E-state index contributed by atoms with van der Waals surface area (Å²) in [4.78, 5) is 12.1. The number of nitrogens with zero attached hydrogens (tertiary/aromatic N) is 2. The Bertz CT molecular complexity index is 1020. The van der Waals surface area contributed by atoms with E-state index in [4.69, 9.17) is 5.73 Å². The molecule has 4 aromatic rings. The van der Waals surface area contributed by atoms with Crippen LogP contribution < -0.4 is 5.73 Å². The Balaban J connectivity index is 1.70. The van der Waals surface area contributed by atoms with Crippen molar-refractivity contribution in [1.82, 2.24) is 15.0 Å². The van der Waals surface area contributed by atoms with Gasteiger partial charge in [0.2, 0.25) is 0 Å². The number of benzene rings is 2. The predicted molar refractivity (Wildman–Crippen MR) is 90.8 cm³/mol.